The molecule has 0 spiro atoms. The van der Waals surface area contributed by atoms with E-state index in [4.69, 9.17) is 9.72 Å². The lowest BCUT2D eigenvalue weighted by Crippen LogP contribution is -2.24. The fourth-order valence-corrected chi connectivity index (χ4v) is 4.45. The predicted octanol–water partition coefficient (Wildman–Crippen LogP) is 6.18. The molecular weight excluding hydrogens is 434 g/mol. The monoisotopic (exact) mass is 469 g/mol. The zero-order valence-electron chi connectivity index (χ0n) is 21.0. The minimum absolute atomic E-state index is 0.000643. The fourth-order valence-electron chi connectivity index (χ4n) is 4.45. The van der Waals surface area contributed by atoms with Crippen molar-refractivity contribution in [2.24, 2.45) is 0 Å². The van der Waals surface area contributed by atoms with Crippen LogP contribution in [0.1, 0.15) is 52.1 Å². The van der Waals surface area contributed by atoms with Gasteiger partial charge in [0.15, 0.2) is 0 Å². The van der Waals surface area contributed by atoms with Gasteiger partial charge in [-0.05, 0) is 69.5 Å². The maximum Gasteiger partial charge on any atom is 0.251 e. The molecular formula is C30H35N3O2. The first-order valence-corrected chi connectivity index (χ1v) is 12.5. The van der Waals surface area contributed by atoms with Gasteiger partial charge in [-0.25, -0.2) is 4.98 Å². The summed E-state index contributed by atoms with van der Waals surface area (Å²) in [6.45, 7) is 8.23. The summed E-state index contributed by atoms with van der Waals surface area (Å²) in [5, 5.41) is 3.03. The van der Waals surface area contributed by atoms with Gasteiger partial charge in [0.1, 0.15) is 18.2 Å². The van der Waals surface area contributed by atoms with Gasteiger partial charge in [0, 0.05) is 18.5 Å². The van der Waals surface area contributed by atoms with Crippen LogP contribution in [0, 0.1) is 20.8 Å². The molecule has 1 aromatic heterocycles. The normalized spacial score (nSPS) is 11.1. The van der Waals surface area contributed by atoms with Crippen LogP contribution in [0.2, 0.25) is 0 Å². The highest BCUT2D eigenvalue weighted by Gasteiger charge is 2.11. The van der Waals surface area contributed by atoms with E-state index < -0.39 is 0 Å². The van der Waals surface area contributed by atoms with Crippen LogP contribution in [-0.2, 0) is 13.0 Å². The molecule has 0 aliphatic carbocycles. The summed E-state index contributed by atoms with van der Waals surface area (Å²) < 4.78 is 8.39. The molecule has 1 amide bonds. The number of unbranched alkanes of at least 4 members (excludes halogenated alkanes) is 2. The van der Waals surface area contributed by atoms with Crippen molar-refractivity contribution in [2.75, 3.05) is 13.2 Å². The van der Waals surface area contributed by atoms with Gasteiger partial charge in [-0.2, -0.15) is 0 Å². The molecule has 0 fully saturated rings. The summed E-state index contributed by atoms with van der Waals surface area (Å²) in [6, 6.07) is 22.3. The summed E-state index contributed by atoms with van der Waals surface area (Å²) in [5.41, 5.74) is 6.40. The lowest BCUT2D eigenvalue weighted by molar-refractivity contribution is 0.0953. The lowest BCUT2D eigenvalue weighted by Gasteiger charge is -2.13. The number of aryl methyl sites for hydroxylation is 4. The van der Waals surface area contributed by atoms with Crippen molar-refractivity contribution in [1.29, 1.82) is 0 Å². The number of para-hydroxylation sites is 2. The molecule has 5 nitrogen and oxygen atoms in total. The second-order valence-electron chi connectivity index (χ2n) is 9.22. The Bertz CT molecular complexity index is 1290. The Labute approximate surface area is 208 Å². The van der Waals surface area contributed by atoms with Crippen LogP contribution in [0.3, 0.4) is 0 Å². The molecule has 35 heavy (non-hydrogen) atoms. The Morgan fingerprint density at radius 2 is 1.74 bits per heavy atom. The average Bonchev–Trinajstić information content (AvgIpc) is 3.20. The second kappa shape index (κ2) is 11.7. The number of nitrogens with one attached hydrogen (secondary N) is 1. The Hall–Kier alpha value is -3.60. The van der Waals surface area contributed by atoms with Crippen molar-refractivity contribution in [3.05, 3.63) is 94.8 Å². The zero-order chi connectivity index (χ0) is 24.6. The Morgan fingerprint density at radius 3 is 2.57 bits per heavy atom. The van der Waals surface area contributed by atoms with Crippen LogP contribution < -0.4 is 10.1 Å². The SMILES string of the molecule is Cc1cccc(C(=O)NCCCCCc2nc3ccccc3n2CCOc2ccc(C)cc2C)c1. The molecule has 0 saturated carbocycles. The number of hydrogen-bond donors (Lipinski definition) is 1. The third-order valence-corrected chi connectivity index (χ3v) is 6.28. The van der Waals surface area contributed by atoms with Crippen LogP contribution in [0.15, 0.2) is 66.7 Å². The van der Waals surface area contributed by atoms with Crippen LogP contribution in [-0.4, -0.2) is 28.6 Å². The van der Waals surface area contributed by atoms with Gasteiger partial charge in [0.25, 0.3) is 5.91 Å². The molecule has 4 rings (SSSR count). The van der Waals surface area contributed by atoms with Crippen molar-refractivity contribution in [3.63, 3.8) is 0 Å². The number of hydrogen-bond acceptors (Lipinski definition) is 3. The molecule has 0 unspecified atom stereocenters. The van der Waals surface area contributed by atoms with E-state index in [0.717, 1.165) is 71.5 Å². The van der Waals surface area contributed by atoms with Gasteiger partial charge in [-0.15, -0.1) is 0 Å². The van der Waals surface area contributed by atoms with Crippen molar-refractivity contribution in [1.82, 2.24) is 14.9 Å². The van der Waals surface area contributed by atoms with E-state index in [1.165, 1.54) is 5.56 Å². The molecule has 0 radical (unpaired) electrons. The van der Waals surface area contributed by atoms with Crippen LogP contribution in [0.25, 0.3) is 11.0 Å². The number of carbonyl (C=O) groups is 1. The van der Waals surface area contributed by atoms with Crippen LogP contribution in [0.4, 0.5) is 0 Å². The quantitative estimate of drug-likeness (QED) is 0.267. The first-order valence-electron chi connectivity index (χ1n) is 12.5. The number of amides is 1. The molecule has 4 aromatic rings. The predicted molar refractivity (Wildman–Crippen MR) is 142 cm³/mol. The van der Waals surface area contributed by atoms with Crippen molar-refractivity contribution in [2.45, 2.75) is 53.0 Å². The largest absolute Gasteiger partial charge is 0.491 e. The number of rotatable bonds is 11. The smallest absolute Gasteiger partial charge is 0.251 e. The maximum atomic E-state index is 12.3. The summed E-state index contributed by atoms with van der Waals surface area (Å²) in [4.78, 5) is 17.2. The van der Waals surface area contributed by atoms with Crippen molar-refractivity contribution >= 4 is 16.9 Å². The fraction of sp³-hybridized carbons (Fsp3) is 0.333. The van der Waals surface area contributed by atoms with Gasteiger partial charge >= 0.3 is 0 Å². The minimum Gasteiger partial charge on any atom is -0.491 e. The molecule has 0 aliphatic heterocycles. The summed E-state index contributed by atoms with van der Waals surface area (Å²) in [6.07, 6.45) is 3.93. The molecule has 1 heterocycles. The lowest BCUT2D eigenvalue weighted by atomic mass is 10.1. The Balaban J connectivity index is 1.28. The van der Waals surface area contributed by atoms with Gasteiger partial charge in [0.2, 0.25) is 0 Å². The molecule has 0 saturated heterocycles. The number of imidazole rings is 1. The number of fused-ring (bicyclic) bond motifs is 1. The van der Waals surface area contributed by atoms with E-state index in [9.17, 15) is 4.79 Å². The van der Waals surface area contributed by atoms with Gasteiger partial charge in [0.05, 0.1) is 17.6 Å². The Kier molecular flexibility index (Phi) is 8.19. The van der Waals surface area contributed by atoms with Crippen LogP contribution in [0.5, 0.6) is 5.75 Å². The molecule has 182 valence electrons. The second-order valence-corrected chi connectivity index (χ2v) is 9.22. The van der Waals surface area contributed by atoms with Crippen LogP contribution >= 0.6 is 0 Å². The number of benzene rings is 3. The molecule has 0 bridgehead atoms. The highest BCUT2D eigenvalue weighted by Crippen LogP contribution is 2.21. The number of aromatic nitrogens is 2. The van der Waals surface area contributed by atoms with E-state index in [1.807, 2.05) is 37.3 Å². The van der Waals surface area contributed by atoms with E-state index in [1.54, 1.807) is 0 Å². The molecule has 1 N–H and O–H groups in total. The first kappa shape index (κ1) is 24.5. The van der Waals surface area contributed by atoms with E-state index in [-0.39, 0.29) is 5.91 Å². The third kappa shape index (κ3) is 6.50. The van der Waals surface area contributed by atoms with Gasteiger partial charge < -0.3 is 14.6 Å². The van der Waals surface area contributed by atoms with E-state index >= 15 is 0 Å². The molecule has 3 aromatic carbocycles. The average molecular weight is 470 g/mol. The molecule has 5 heteroatoms. The molecule has 0 aliphatic rings. The summed E-state index contributed by atoms with van der Waals surface area (Å²) in [7, 11) is 0. The topological polar surface area (TPSA) is 56.2 Å². The minimum atomic E-state index is -0.000643. The highest BCUT2D eigenvalue weighted by atomic mass is 16.5. The standard InChI is InChI=1S/C30H35N3O2/c1-22-10-9-11-25(21-22)30(34)31-17-8-4-5-14-29-32-26-12-6-7-13-27(26)33(29)18-19-35-28-16-15-23(2)20-24(28)3/h6-7,9-13,15-16,20-21H,4-5,8,14,17-19H2,1-3H3,(H,31,34). The summed E-state index contributed by atoms with van der Waals surface area (Å²) >= 11 is 0. The van der Waals surface area contributed by atoms with E-state index in [0.29, 0.717) is 13.2 Å². The van der Waals surface area contributed by atoms with Gasteiger partial charge in [-0.3, -0.25) is 4.79 Å². The van der Waals surface area contributed by atoms with Crippen molar-refractivity contribution in [3.8, 4) is 5.75 Å². The van der Waals surface area contributed by atoms with Gasteiger partial charge in [-0.1, -0.05) is 53.9 Å². The third-order valence-electron chi connectivity index (χ3n) is 6.28. The maximum absolute atomic E-state index is 12.3. The number of carbonyl (C=O) groups excluding carboxylic acids is 1. The summed E-state index contributed by atoms with van der Waals surface area (Å²) in [5.74, 6) is 2.04. The first-order chi connectivity index (χ1) is 17.0. The number of ether oxygens (including phenoxy) is 1. The number of nitrogens with zero attached hydrogens (tertiary/aromatic N) is 2. The van der Waals surface area contributed by atoms with E-state index in [2.05, 4.69) is 60.1 Å². The highest BCUT2D eigenvalue weighted by molar-refractivity contribution is 5.94. The zero-order valence-corrected chi connectivity index (χ0v) is 21.0. The van der Waals surface area contributed by atoms with Crippen molar-refractivity contribution < 1.29 is 9.53 Å². The Morgan fingerprint density at radius 1 is 0.914 bits per heavy atom. The molecule has 0 atom stereocenters.